The third kappa shape index (κ3) is 4.10. The van der Waals surface area contributed by atoms with Crippen LogP contribution in [-0.4, -0.2) is 20.8 Å². The molecular formula is C29H32N2O3S2. The monoisotopic (exact) mass is 520 g/mol. The van der Waals surface area contributed by atoms with E-state index in [2.05, 4.69) is 50.4 Å². The number of phenolic OH excluding ortho intramolecular Hbond substituents is 1. The zero-order chi connectivity index (χ0) is 25.2. The van der Waals surface area contributed by atoms with Gasteiger partial charge in [0.05, 0.1) is 5.03 Å². The Balaban J connectivity index is 1.35. The molecule has 7 heteroatoms. The third-order valence-corrected chi connectivity index (χ3v) is 11.1. The molecule has 3 aromatic rings. The van der Waals surface area contributed by atoms with Crippen LogP contribution in [0.4, 0.5) is 5.69 Å². The molecule has 36 heavy (non-hydrogen) atoms. The van der Waals surface area contributed by atoms with Gasteiger partial charge in [-0.2, -0.15) is 0 Å². The molecule has 6 rings (SSSR count). The lowest BCUT2D eigenvalue weighted by molar-refractivity contribution is -0.116. The fraction of sp³-hybridized carbons (Fsp3) is 0.448. The maximum Gasteiger partial charge on any atom is 0.308 e. The maximum absolute atomic E-state index is 13.3. The minimum absolute atomic E-state index is 0.000291. The number of aromatic nitrogens is 1. The van der Waals surface area contributed by atoms with E-state index in [1.54, 1.807) is 16.7 Å². The third-order valence-electron chi connectivity index (χ3n) is 8.28. The summed E-state index contributed by atoms with van der Waals surface area (Å²) in [7, 11) is 0. The van der Waals surface area contributed by atoms with Gasteiger partial charge in [0.1, 0.15) is 12.3 Å². The first-order valence-corrected chi connectivity index (χ1v) is 14.5. The van der Waals surface area contributed by atoms with E-state index in [0.29, 0.717) is 22.8 Å². The van der Waals surface area contributed by atoms with Gasteiger partial charge in [-0.1, -0.05) is 56.4 Å². The predicted molar refractivity (Wildman–Crippen MR) is 146 cm³/mol. The number of amides is 1. The Morgan fingerprint density at radius 1 is 1.06 bits per heavy atom. The van der Waals surface area contributed by atoms with Crippen molar-refractivity contribution < 1.29 is 9.90 Å². The molecule has 2 saturated carbocycles. The van der Waals surface area contributed by atoms with Gasteiger partial charge >= 0.3 is 4.87 Å². The van der Waals surface area contributed by atoms with E-state index in [4.69, 9.17) is 0 Å². The van der Waals surface area contributed by atoms with E-state index in [0.717, 1.165) is 15.8 Å². The molecule has 5 nitrogen and oxygen atoms in total. The van der Waals surface area contributed by atoms with Crippen molar-refractivity contribution in [3.05, 3.63) is 74.2 Å². The highest BCUT2D eigenvalue weighted by Crippen LogP contribution is 2.64. The van der Waals surface area contributed by atoms with Crippen molar-refractivity contribution in [3.63, 3.8) is 0 Å². The highest BCUT2D eigenvalue weighted by Gasteiger charge is 2.55. The Hall–Kier alpha value is -2.51. The summed E-state index contributed by atoms with van der Waals surface area (Å²) in [5.74, 6) is 2.11. The van der Waals surface area contributed by atoms with Crippen LogP contribution in [0.1, 0.15) is 62.0 Å². The molecule has 4 unspecified atom stereocenters. The lowest BCUT2D eigenvalue weighted by Crippen LogP contribution is -2.35. The van der Waals surface area contributed by atoms with Crippen LogP contribution in [0, 0.1) is 17.8 Å². The zero-order valence-corrected chi connectivity index (χ0v) is 22.5. The number of nitrogens with one attached hydrogen (secondary N) is 1. The minimum atomic E-state index is -0.231. The number of aromatic hydroxyl groups is 1. The number of hydrogen-bond donors (Lipinski definition) is 2. The maximum atomic E-state index is 13.3. The molecule has 2 aromatic carbocycles. The second-order valence-corrected chi connectivity index (χ2v) is 13.7. The van der Waals surface area contributed by atoms with Gasteiger partial charge in [0.25, 0.3) is 0 Å². The number of anilines is 1. The number of fused-ring (bicyclic) bond motifs is 6. The number of thioether (sulfide) groups is 1. The Morgan fingerprint density at radius 2 is 1.75 bits per heavy atom. The van der Waals surface area contributed by atoms with Gasteiger partial charge in [-0.25, -0.2) is 0 Å². The topological polar surface area (TPSA) is 71.3 Å². The van der Waals surface area contributed by atoms with Gasteiger partial charge < -0.3 is 10.4 Å². The molecule has 5 atom stereocenters. The molecule has 1 aromatic heterocycles. The van der Waals surface area contributed by atoms with E-state index in [1.165, 1.54) is 53.9 Å². The van der Waals surface area contributed by atoms with Crippen LogP contribution in [0.5, 0.6) is 5.75 Å². The van der Waals surface area contributed by atoms with Crippen LogP contribution < -0.4 is 10.2 Å². The van der Waals surface area contributed by atoms with Gasteiger partial charge in [0.2, 0.25) is 5.91 Å². The van der Waals surface area contributed by atoms with Crippen molar-refractivity contribution in [3.8, 4) is 5.75 Å². The summed E-state index contributed by atoms with van der Waals surface area (Å²) in [4.78, 5) is 27.2. The highest BCUT2D eigenvalue weighted by atomic mass is 32.2. The lowest BCUT2D eigenvalue weighted by atomic mass is 9.74. The zero-order valence-electron chi connectivity index (χ0n) is 20.9. The number of thiazole rings is 1. The summed E-state index contributed by atoms with van der Waals surface area (Å²) in [6, 6.07) is 15.5. The number of carbonyl (C=O) groups is 1. The normalized spacial score (nSPS) is 26.5. The molecule has 3 aliphatic rings. The predicted octanol–water partition coefficient (Wildman–Crippen LogP) is 6.20. The van der Waals surface area contributed by atoms with Crippen molar-refractivity contribution in [1.82, 2.24) is 4.57 Å². The van der Waals surface area contributed by atoms with Gasteiger partial charge in [-0.15, -0.1) is 11.8 Å². The summed E-state index contributed by atoms with van der Waals surface area (Å²) in [5.41, 5.74) is 3.32. The number of hydrogen-bond acceptors (Lipinski definition) is 5. The molecule has 1 amide bonds. The Bertz CT molecular complexity index is 1350. The van der Waals surface area contributed by atoms with Gasteiger partial charge in [-0.3, -0.25) is 14.2 Å². The van der Waals surface area contributed by atoms with Crippen molar-refractivity contribution in [2.75, 3.05) is 5.32 Å². The van der Waals surface area contributed by atoms with E-state index >= 15 is 0 Å². The summed E-state index contributed by atoms with van der Waals surface area (Å²) in [6.45, 7) is 6.70. The van der Waals surface area contributed by atoms with Crippen molar-refractivity contribution in [1.29, 1.82) is 0 Å². The SMILES string of the molecule is CC(C)(C)c1ccc([C@H]2c3sc(=O)n(CC(=O)Nc4ccc(O)cc4)c3SC3C4CCC(C4)C32)cc1. The fourth-order valence-electron chi connectivity index (χ4n) is 6.54. The second kappa shape index (κ2) is 8.80. The number of rotatable bonds is 4. The van der Waals surface area contributed by atoms with E-state index < -0.39 is 0 Å². The number of phenols is 1. The molecular weight excluding hydrogens is 488 g/mol. The molecule has 1 aliphatic heterocycles. The summed E-state index contributed by atoms with van der Waals surface area (Å²) in [6.07, 6.45) is 3.86. The van der Waals surface area contributed by atoms with Crippen LogP contribution in [0.3, 0.4) is 0 Å². The molecule has 0 saturated heterocycles. The smallest absolute Gasteiger partial charge is 0.308 e. The summed E-state index contributed by atoms with van der Waals surface area (Å²) in [5, 5.41) is 13.9. The van der Waals surface area contributed by atoms with Crippen molar-refractivity contribution in [2.45, 2.75) is 68.2 Å². The molecule has 2 N–H and O–H groups in total. The number of carbonyl (C=O) groups excluding carboxylic acids is 1. The van der Waals surface area contributed by atoms with E-state index in [-0.39, 0.29) is 34.4 Å². The highest BCUT2D eigenvalue weighted by molar-refractivity contribution is 8.00. The first-order chi connectivity index (χ1) is 17.2. The Labute approximate surface area is 219 Å². The van der Waals surface area contributed by atoms with Crippen LogP contribution in [0.15, 0.2) is 58.4 Å². The minimum Gasteiger partial charge on any atom is -0.508 e. The largest absolute Gasteiger partial charge is 0.508 e. The van der Waals surface area contributed by atoms with Gasteiger partial charge in [0, 0.05) is 21.7 Å². The Morgan fingerprint density at radius 3 is 2.44 bits per heavy atom. The first-order valence-electron chi connectivity index (χ1n) is 12.8. The summed E-state index contributed by atoms with van der Waals surface area (Å²) >= 11 is 3.18. The Kier molecular flexibility index (Phi) is 5.84. The average molecular weight is 521 g/mol. The molecule has 2 heterocycles. The second-order valence-electron chi connectivity index (χ2n) is 11.6. The molecule has 188 valence electrons. The first kappa shape index (κ1) is 23.9. The van der Waals surface area contributed by atoms with Crippen LogP contribution in [-0.2, 0) is 16.8 Å². The number of nitrogens with zero attached hydrogens (tertiary/aromatic N) is 1. The van der Waals surface area contributed by atoms with Crippen molar-refractivity contribution >= 4 is 34.7 Å². The van der Waals surface area contributed by atoms with E-state index in [9.17, 15) is 14.7 Å². The fourth-order valence-corrected chi connectivity index (χ4v) is 9.69. The van der Waals surface area contributed by atoms with Crippen LogP contribution in [0.25, 0.3) is 0 Å². The molecule has 2 fully saturated rings. The molecule has 2 bridgehead atoms. The molecule has 0 radical (unpaired) electrons. The standard InChI is InChI=1S/C29H32N2O3S2/c1-29(2,3)19-8-6-16(7-9-19)23-24-17-4-5-18(14-17)25(24)35-27-26(23)36-28(34)31(27)15-22(33)30-20-10-12-21(32)13-11-20/h6-13,17-18,23-25,32H,4-5,14-15H2,1-3H3,(H,30,33)/t17?,18?,23-,24?,25?/m1/s1. The molecule has 2 aliphatic carbocycles. The lowest BCUT2D eigenvalue weighted by Gasteiger charge is -2.40. The van der Waals surface area contributed by atoms with Crippen LogP contribution in [0.2, 0.25) is 0 Å². The molecule has 0 spiro atoms. The van der Waals surface area contributed by atoms with Crippen molar-refractivity contribution in [2.24, 2.45) is 17.8 Å². The van der Waals surface area contributed by atoms with Crippen LogP contribution >= 0.6 is 23.1 Å². The van der Waals surface area contributed by atoms with Gasteiger partial charge in [0.15, 0.2) is 0 Å². The van der Waals surface area contributed by atoms with Gasteiger partial charge in [-0.05, 0) is 77.8 Å². The quantitative estimate of drug-likeness (QED) is 0.402. The summed E-state index contributed by atoms with van der Waals surface area (Å²) < 4.78 is 1.69. The van der Waals surface area contributed by atoms with E-state index in [1.807, 2.05) is 11.8 Å². The number of benzene rings is 2. The average Bonchev–Trinajstić information content (AvgIpc) is 3.53.